The number of hydrogen-bond donors (Lipinski definition) is 0. The molecular formula is C26H26N2O5. The van der Waals surface area contributed by atoms with Crippen LogP contribution in [0.2, 0.25) is 0 Å². The molecule has 0 atom stereocenters. The fourth-order valence-electron chi connectivity index (χ4n) is 4.10. The number of carbonyl (C=O) groups is 1. The zero-order valence-corrected chi connectivity index (χ0v) is 19.4. The topological polar surface area (TPSA) is 91.4 Å². The average molecular weight is 447 g/mol. The van der Waals surface area contributed by atoms with E-state index in [1.54, 1.807) is 16.7 Å². The van der Waals surface area contributed by atoms with Crippen LogP contribution in [0.5, 0.6) is 0 Å². The summed E-state index contributed by atoms with van der Waals surface area (Å²) in [5, 5.41) is 1.07. The van der Waals surface area contributed by atoms with Gasteiger partial charge in [0.2, 0.25) is 5.43 Å². The zero-order valence-electron chi connectivity index (χ0n) is 19.4. The SMILES string of the molecule is CCn1cc(C(=O)OCc2cc(=O)oc3cc(C)c(C(C)C)cc23)c(=O)c2ccc(C)nc21. The van der Waals surface area contributed by atoms with Crippen LogP contribution in [0.1, 0.15) is 59.4 Å². The third kappa shape index (κ3) is 4.18. The van der Waals surface area contributed by atoms with Crippen molar-refractivity contribution in [1.82, 2.24) is 9.55 Å². The van der Waals surface area contributed by atoms with Gasteiger partial charge >= 0.3 is 11.6 Å². The molecule has 0 radical (unpaired) electrons. The van der Waals surface area contributed by atoms with Crippen LogP contribution in [0.4, 0.5) is 0 Å². The third-order valence-corrected chi connectivity index (χ3v) is 5.82. The van der Waals surface area contributed by atoms with E-state index in [4.69, 9.17) is 9.15 Å². The Morgan fingerprint density at radius 2 is 1.88 bits per heavy atom. The monoisotopic (exact) mass is 446 g/mol. The first-order valence-corrected chi connectivity index (χ1v) is 10.9. The second-order valence-electron chi connectivity index (χ2n) is 8.51. The van der Waals surface area contributed by atoms with Gasteiger partial charge in [-0.25, -0.2) is 14.6 Å². The third-order valence-electron chi connectivity index (χ3n) is 5.82. The van der Waals surface area contributed by atoms with Crippen molar-refractivity contribution in [1.29, 1.82) is 0 Å². The molecule has 0 saturated carbocycles. The van der Waals surface area contributed by atoms with Crippen molar-refractivity contribution in [2.75, 3.05) is 0 Å². The van der Waals surface area contributed by atoms with Gasteiger partial charge in [0.15, 0.2) is 0 Å². The molecule has 0 aliphatic rings. The van der Waals surface area contributed by atoms with Gasteiger partial charge in [-0.3, -0.25) is 4.79 Å². The Bertz CT molecular complexity index is 1510. The maximum absolute atomic E-state index is 13.0. The molecule has 0 fully saturated rings. The summed E-state index contributed by atoms with van der Waals surface area (Å²) in [6.45, 7) is 10.3. The summed E-state index contributed by atoms with van der Waals surface area (Å²) >= 11 is 0. The van der Waals surface area contributed by atoms with Gasteiger partial charge in [-0.1, -0.05) is 13.8 Å². The van der Waals surface area contributed by atoms with Crippen molar-refractivity contribution in [2.45, 2.75) is 53.7 Å². The van der Waals surface area contributed by atoms with E-state index in [0.717, 1.165) is 16.8 Å². The number of hydrogen-bond acceptors (Lipinski definition) is 6. The summed E-state index contributed by atoms with van der Waals surface area (Å²) in [5.41, 5.74) is 3.41. The fraction of sp³-hybridized carbons (Fsp3) is 0.308. The molecule has 0 bridgehead atoms. The van der Waals surface area contributed by atoms with E-state index in [-0.39, 0.29) is 18.1 Å². The van der Waals surface area contributed by atoms with Crippen molar-refractivity contribution in [2.24, 2.45) is 0 Å². The summed E-state index contributed by atoms with van der Waals surface area (Å²) in [5.74, 6) is -0.471. The number of carbonyl (C=O) groups excluding carboxylic acids is 1. The Morgan fingerprint density at radius 1 is 1.12 bits per heavy atom. The van der Waals surface area contributed by atoms with E-state index >= 15 is 0 Å². The summed E-state index contributed by atoms with van der Waals surface area (Å²) in [6, 6.07) is 8.54. The molecule has 1 aromatic carbocycles. The number of fused-ring (bicyclic) bond motifs is 2. The van der Waals surface area contributed by atoms with E-state index < -0.39 is 17.0 Å². The molecule has 7 nitrogen and oxygen atoms in total. The molecule has 0 spiro atoms. The standard InChI is InChI=1S/C26H26N2O5/c1-6-28-12-21(24(30)18-8-7-16(5)27-25(18)28)26(31)32-13-17-10-23(29)33-22-9-15(4)19(14(2)3)11-20(17)22/h7-12,14H,6,13H2,1-5H3. The predicted octanol–water partition coefficient (Wildman–Crippen LogP) is 4.62. The largest absolute Gasteiger partial charge is 0.457 e. The van der Waals surface area contributed by atoms with Crippen molar-refractivity contribution < 1.29 is 13.9 Å². The van der Waals surface area contributed by atoms with E-state index in [2.05, 4.69) is 18.8 Å². The second-order valence-corrected chi connectivity index (χ2v) is 8.51. The lowest BCUT2D eigenvalue weighted by atomic mass is 9.95. The second kappa shape index (κ2) is 8.65. The first-order valence-electron chi connectivity index (χ1n) is 10.9. The highest BCUT2D eigenvalue weighted by Crippen LogP contribution is 2.27. The quantitative estimate of drug-likeness (QED) is 0.328. The highest BCUT2D eigenvalue weighted by Gasteiger charge is 2.19. The van der Waals surface area contributed by atoms with E-state index in [1.807, 2.05) is 32.9 Å². The van der Waals surface area contributed by atoms with Crippen molar-refractivity contribution in [3.63, 3.8) is 0 Å². The molecule has 7 heteroatoms. The molecule has 33 heavy (non-hydrogen) atoms. The number of esters is 1. The highest BCUT2D eigenvalue weighted by atomic mass is 16.5. The molecule has 0 N–H and O–H groups in total. The molecule has 0 saturated heterocycles. The van der Waals surface area contributed by atoms with Gasteiger partial charge in [-0.15, -0.1) is 0 Å². The Balaban J connectivity index is 1.72. The van der Waals surface area contributed by atoms with Crippen LogP contribution in [-0.4, -0.2) is 15.5 Å². The maximum Gasteiger partial charge on any atom is 0.344 e. The van der Waals surface area contributed by atoms with Gasteiger partial charge in [0.25, 0.3) is 0 Å². The number of pyridine rings is 2. The Morgan fingerprint density at radius 3 is 2.58 bits per heavy atom. The number of ether oxygens (including phenoxy) is 1. The van der Waals surface area contributed by atoms with Crippen LogP contribution >= 0.6 is 0 Å². The zero-order chi connectivity index (χ0) is 23.9. The molecule has 3 heterocycles. The number of nitrogens with zero attached hydrogens (tertiary/aromatic N) is 2. The molecule has 0 amide bonds. The fourth-order valence-corrected chi connectivity index (χ4v) is 4.10. The molecule has 0 aliphatic carbocycles. The molecule has 4 aromatic rings. The first kappa shape index (κ1) is 22.5. The number of rotatable bonds is 5. The minimum absolute atomic E-state index is 0.0685. The maximum atomic E-state index is 13.0. The van der Waals surface area contributed by atoms with Crippen molar-refractivity contribution in [3.05, 3.63) is 85.1 Å². The van der Waals surface area contributed by atoms with Gasteiger partial charge in [0.05, 0.1) is 5.39 Å². The minimum atomic E-state index is -0.748. The highest BCUT2D eigenvalue weighted by molar-refractivity contribution is 5.93. The van der Waals surface area contributed by atoms with Crippen LogP contribution in [0.15, 0.2) is 50.5 Å². The van der Waals surface area contributed by atoms with E-state index in [9.17, 15) is 14.4 Å². The lowest BCUT2D eigenvalue weighted by Crippen LogP contribution is -2.21. The Kier molecular flexibility index (Phi) is 5.89. The summed E-state index contributed by atoms with van der Waals surface area (Å²) in [4.78, 5) is 42.4. The number of aryl methyl sites for hydroxylation is 3. The summed E-state index contributed by atoms with van der Waals surface area (Å²) in [6.07, 6.45) is 1.48. The summed E-state index contributed by atoms with van der Waals surface area (Å²) in [7, 11) is 0. The molecule has 0 unspecified atom stereocenters. The molecular weight excluding hydrogens is 420 g/mol. The number of benzene rings is 1. The lowest BCUT2D eigenvalue weighted by molar-refractivity contribution is 0.0471. The lowest BCUT2D eigenvalue weighted by Gasteiger charge is -2.14. The molecule has 0 aliphatic heterocycles. The van der Waals surface area contributed by atoms with E-state index in [0.29, 0.717) is 34.1 Å². The Labute approximate surface area is 190 Å². The van der Waals surface area contributed by atoms with Crippen LogP contribution in [0.25, 0.3) is 22.0 Å². The van der Waals surface area contributed by atoms with Crippen LogP contribution < -0.4 is 11.1 Å². The van der Waals surface area contributed by atoms with Gasteiger partial charge in [-0.05, 0) is 62.1 Å². The van der Waals surface area contributed by atoms with Gasteiger partial charge in [0.1, 0.15) is 23.4 Å². The van der Waals surface area contributed by atoms with Crippen LogP contribution in [-0.2, 0) is 17.9 Å². The van der Waals surface area contributed by atoms with Crippen molar-refractivity contribution in [3.8, 4) is 0 Å². The van der Waals surface area contributed by atoms with Gasteiger partial charge in [0, 0.05) is 35.5 Å². The predicted molar refractivity (Wildman–Crippen MR) is 127 cm³/mol. The van der Waals surface area contributed by atoms with Gasteiger partial charge < -0.3 is 13.7 Å². The molecule has 4 rings (SSSR count). The Hall–Kier alpha value is -3.74. The minimum Gasteiger partial charge on any atom is -0.457 e. The average Bonchev–Trinajstić information content (AvgIpc) is 2.76. The van der Waals surface area contributed by atoms with E-state index in [1.165, 1.54) is 12.3 Å². The van der Waals surface area contributed by atoms with Crippen molar-refractivity contribution >= 4 is 28.0 Å². The molecule has 170 valence electrons. The van der Waals surface area contributed by atoms with Gasteiger partial charge in [-0.2, -0.15) is 0 Å². The van der Waals surface area contributed by atoms with Crippen LogP contribution in [0, 0.1) is 13.8 Å². The number of aromatic nitrogens is 2. The normalized spacial score (nSPS) is 11.5. The smallest absolute Gasteiger partial charge is 0.344 e. The first-order chi connectivity index (χ1) is 15.7. The van der Waals surface area contributed by atoms with Crippen LogP contribution in [0.3, 0.4) is 0 Å². The molecule has 3 aromatic heterocycles. The summed E-state index contributed by atoms with van der Waals surface area (Å²) < 4.78 is 12.6.